The van der Waals surface area contributed by atoms with Gasteiger partial charge in [0.15, 0.2) is 0 Å². The molecule has 17 heavy (non-hydrogen) atoms. The fourth-order valence-electron chi connectivity index (χ4n) is 1.25. The van der Waals surface area contributed by atoms with Crippen LogP contribution in [0, 0.1) is 6.92 Å². The van der Waals surface area contributed by atoms with Gasteiger partial charge in [-0.2, -0.15) is 13.2 Å². The van der Waals surface area contributed by atoms with Crippen LogP contribution < -0.4 is 10.6 Å². The highest BCUT2D eigenvalue weighted by Gasteiger charge is 2.30. The minimum atomic E-state index is -4.38. The van der Waals surface area contributed by atoms with Crippen LogP contribution >= 0.6 is 0 Å². The van der Waals surface area contributed by atoms with Crippen LogP contribution in [0.5, 0.6) is 0 Å². The molecule has 0 heterocycles. The molecule has 6 heteroatoms. The van der Waals surface area contributed by atoms with E-state index in [4.69, 9.17) is 0 Å². The van der Waals surface area contributed by atoms with Crippen molar-refractivity contribution < 1.29 is 18.0 Å². The molecule has 2 N–H and O–H groups in total. The second kappa shape index (κ2) is 5.07. The molecule has 0 bridgehead atoms. The van der Waals surface area contributed by atoms with E-state index in [0.717, 1.165) is 12.1 Å². The van der Waals surface area contributed by atoms with Crippen LogP contribution in [0.4, 0.5) is 18.9 Å². The summed E-state index contributed by atoms with van der Waals surface area (Å²) in [5.74, 6) is -0.290. The summed E-state index contributed by atoms with van der Waals surface area (Å²) in [5.41, 5.74) is 0.229. The van der Waals surface area contributed by atoms with Gasteiger partial charge in [0.2, 0.25) is 5.91 Å². The van der Waals surface area contributed by atoms with Gasteiger partial charge in [-0.3, -0.25) is 4.79 Å². The normalized spacial score (nSPS) is 11.1. The van der Waals surface area contributed by atoms with Gasteiger partial charge in [-0.1, -0.05) is 6.07 Å². The average Bonchev–Trinajstić information content (AvgIpc) is 2.26. The van der Waals surface area contributed by atoms with Gasteiger partial charge in [0.1, 0.15) is 0 Å². The van der Waals surface area contributed by atoms with E-state index >= 15 is 0 Å². The second-order valence-corrected chi connectivity index (χ2v) is 3.55. The van der Waals surface area contributed by atoms with Crippen LogP contribution in [0.1, 0.15) is 11.1 Å². The number of halogens is 3. The molecule has 0 radical (unpaired) electrons. The fourth-order valence-corrected chi connectivity index (χ4v) is 1.25. The van der Waals surface area contributed by atoms with Crippen molar-refractivity contribution in [3.63, 3.8) is 0 Å². The quantitative estimate of drug-likeness (QED) is 0.858. The predicted molar refractivity (Wildman–Crippen MR) is 58.7 cm³/mol. The number of anilines is 1. The van der Waals surface area contributed by atoms with Crippen LogP contribution in [0.15, 0.2) is 18.2 Å². The number of alkyl halides is 3. The van der Waals surface area contributed by atoms with E-state index in [1.807, 2.05) is 0 Å². The van der Waals surface area contributed by atoms with E-state index < -0.39 is 11.7 Å². The Morgan fingerprint density at radius 3 is 2.53 bits per heavy atom. The van der Waals surface area contributed by atoms with Crippen LogP contribution in [-0.2, 0) is 11.0 Å². The molecule has 1 amide bonds. The molecule has 0 aliphatic rings. The van der Waals surface area contributed by atoms with Crippen LogP contribution in [0.25, 0.3) is 0 Å². The molecule has 0 atom stereocenters. The largest absolute Gasteiger partial charge is 0.416 e. The lowest BCUT2D eigenvalue weighted by Gasteiger charge is -2.12. The van der Waals surface area contributed by atoms with E-state index in [1.165, 1.54) is 13.1 Å². The van der Waals surface area contributed by atoms with Gasteiger partial charge in [0.05, 0.1) is 12.1 Å². The summed E-state index contributed by atoms with van der Waals surface area (Å²) in [6.07, 6.45) is -4.38. The van der Waals surface area contributed by atoms with Crippen molar-refractivity contribution in [1.82, 2.24) is 5.32 Å². The molecule has 1 rings (SSSR count). The Kier molecular flexibility index (Phi) is 3.98. The molecule has 0 saturated heterocycles. The lowest BCUT2D eigenvalue weighted by Crippen LogP contribution is -2.26. The van der Waals surface area contributed by atoms with Crippen LogP contribution in [0.3, 0.4) is 0 Å². The zero-order chi connectivity index (χ0) is 13.1. The maximum Gasteiger partial charge on any atom is 0.416 e. The molecule has 0 aromatic heterocycles. The molecular formula is C11H13F3N2O. The van der Waals surface area contributed by atoms with Crippen molar-refractivity contribution >= 4 is 11.6 Å². The number of likely N-dealkylation sites (N-methyl/N-ethyl adjacent to an activating group) is 1. The van der Waals surface area contributed by atoms with E-state index in [2.05, 4.69) is 10.6 Å². The highest BCUT2D eigenvalue weighted by atomic mass is 19.4. The van der Waals surface area contributed by atoms with Gasteiger partial charge < -0.3 is 10.6 Å². The van der Waals surface area contributed by atoms with E-state index in [0.29, 0.717) is 11.3 Å². The van der Waals surface area contributed by atoms with E-state index in [-0.39, 0.29) is 12.5 Å². The molecule has 0 fully saturated rings. The van der Waals surface area contributed by atoms with Gasteiger partial charge in [-0.05, 0) is 24.6 Å². The van der Waals surface area contributed by atoms with Crippen molar-refractivity contribution in [3.8, 4) is 0 Å². The molecule has 0 spiro atoms. The first-order chi connectivity index (χ1) is 7.84. The molecule has 94 valence electrons. The number of carbonyl (C=O) groups is 1. The van der Waals surface area contributed by atoms with Gasteiger partial charge in [-0.15, -0.1) is 0 Å². The standard InChI is InChI=1S/C11H13F3N2O/c1-7-3-4-8(11(12,13)14)5-9(7)16-6-10(17)15-2/h3-5,16H,6H2,1-2H3,(H,15,17). The van der Waals surface area contributed by atoms with Crippen molar-refractivity contribution in [3.05, 3.63) is 29.3 Å². The Balaban J connectivity index is 2.88. The summed E-state index contributed by atoms with van der Waals surface area (Å²) in [7, 11) is 1.46. The maximum absolute atomic E-state index is 12.5. The highest BCUT2D eigenvalue weighted by Crippen LogP contribution is 2.31. The van der Waals surface area contributed by atoms with Gasteiger partial charge in [0, 0.05) is 12.7 Å². The second-order valence-electron chi connectivity index (χ2n) is 3.55. The molecule has 0 aliphatic heterocycles. The summed E-state index contributed by atoms with van der Waals surface area (Å²) in [5, 5.41) is 5.04. The first-order valence-corrected chi connectivity index (χ1v) is 4.97. The molecule has 1 aromatic rings. The molecule has 3 nitrogen and oxygen atoms in total. The third-order valence-corrected chi connectivity index (χ3v) is 2.28. The van der Waals surface area contributed by atoms with Crippen molar-refractivity contribution in [2.45, 2.75) is 13.1 Å². The number of benzene rings is 1. The smallest absolute Gasteiger partial charge is 0.376 e. The Morgan fingerprint density at radius 2 is 2.00 bits per heavy atom. The summed E-state index contributed by atoms with van der Waals surface area (Å²) < 4.78 is 37.4. The summed E-state index contributed by atoms with van der Waals surface area (Å²) in [6, 6.07) is 3.38. The number of carbonyl (C=O) groups excluding carboxylic acids is 1. The lowest BCUT2D eigenvalue weighted by atomic mass is 10.1. The zero-order valence-electron chi connectivity index (χ0n) is 9.48. The first-order valence-electron chi connectivity index (χ1n) is 4.97. The minimum Gasteiger partial charge on any atom is -0.376 e. The molecule has 0 saturated carbocycles. The summed E-state index contributed by atoms with van der Waals surface area (Å²) >= 11 is 0. The van der Waals surface area contributed by atoms with Gasteiger partial charge in [0.25, 0.3) is 0 Å². The predicted octanol–water partition coefficient (Wildman–Crippen LogP) is 2.17. The third-order valence-electron chi connectivity index (χ3n) is 2.28. The number of rotatable bonds is 3. The monoisotopic (exact) mass is 246 g/mol. The minimum absolute atomic E-state index is 0.0569. The molecule has 0 aliphatic carbocycles. The zero-order valence-corrected chi connectivity index (χ0v) is 9.48. The lowest BCUT2D eigenvalue weighted by molar-refractivity contribution is -0.137. The Hall–Kier alpha value is -1.72. The number of nitrogens with one attached hydrogen (secondary N) is 2. The van der Waals surface area contributed by atoms with Crippen molar-refractivity contribution in [2.75, 3.05) is 18.9 Å². The average molecular weight is 246 g/mol. The summed E-state index contributed by atoms with van der Waals surface area (Å²) in [6.45, 7) is 1.62. The number of aryl methyl sites for hydroxylation is 1. The number of amides is 1. The maximum atomic E-state index is 12.5. The SMILES string of the molecule is CNC(=O)CNc1cc(C(F)(F)F)ccc1C. The Morgan fingerprint density at radius 1 is 1.35 bits per heavy atom. The number of hydrogen-bond donors (Lipinski definition) is 2. The summed E-state index contributed by atoms with van der Waals surface area (Å²) in [4.78, 5) is 11.0. The Bertz CT molecular complexity index is 416. The van der Waals surface area contributed by atoms with Crippen molar-refractivity contribution in [1.29, 1.82) is 0 Å². The fraction of sp³-hybridized carbons (Fsp3) is 0.364. The number of hydrogen-bond acceptors (Lipinski definition) is 2. The third kappa shape index (κ3) is 3.65. The highest BCUT2D eigenvalue weighted by molar-refractivity contribution is 5.80. The van der Waals surface area contributed by atoms with Crippen LogP contribution in [0.2, 0.25) is 0 Å². The van der Waals surface area contributed by atoms with E-state index in [1.54, 1.807) is 6.92 Å². The Labute approximate surface area is 97.0 Å². The molecule has 1 aromatic carbocycles. The van der Waals surface area contributed by atoms with E-state index in [9.17, 15) is 18.0 Å². The van der Waals surface area contributed by atoms with Crippen molar-refractivity contribution in [2.24, 2.45) is 0 Å². The van der Waals surface area contributed by atoms with Crippen LogP contribution in [-0.4, -0.2) is 19.5 Å². The topological polar surface area (TPSA) is 41.1 Å². The molecular weight excluding hydrogens is 233 g/mol. The van der Waals surface area contributed by atoms with Gasteiger partial charge in [-0.25, -0.2) is 0 Å². The van der Waals surface area contributed by atoms with Gasteiger partial charge >= 0.3 is 6.18 Å². The molecule has 0 unspecified atom stereocenters. The first kappa shape index (κ1) is 13.3.